The number of ether oxygens (including phenoxy) is 1. The molecule has 2 aliphatic heterocycles. The fraction of sp³-hybridized carbons (Fsp3) is 0.533. The Hall–Kier alpha value is -0.810. The van der Waals surface area contributed by atoms with E-state index in [0.29, 0.717) is 12.0 Å². The first-order chi connectivity index (χ1) is 9.50. The predicted octanol–water partition coefficient (Wildman–Crippen LogP) is 3.59. The van der Waals surface area contributed by atoms with Crippen molar-refractivity contribution < 1.29 is 4.74 Å². The predicted molar refractivity (Wildman–Crippen MR) is 85.7 cm³/mol. The monoisotopic (exact) mass is 352 g/mol. The van der Waals surface area contributed by atoms with Gasteiger partial charge in [0.2, 0.25) is 0 Å². The Kier molecular flexibility index (Phi) is 2.65. The SMILES string of the molecule is CC1C2NC(=S)N(C3CC3)C1(C)Oc1ccc(Br)cc12. The zero-order valence-corrected chi connectivity index (χ0v) is 13.9. The minimum Gasteiger partial charge on any atom is -0.467 e. The first-order valence-corrected chi connectivity index (χ1v) is 8.29. The van der Waals surface area contributed by atoms with Gasteiger partial charge in [0.15, 0.2) is 10.8 Å². The third-order valence-electron chi connectivity index (χ3n) is 4.86. The summed E-state index contributed by atoms with van der Waals surface area (Å²) in [6.07, 6.45) is 2.43. The van der Waals surface area contributed by atoms with Gasteiger partial charge in [0.05, 0.1) is 6.04 Å². The lowest BCUT2D eigenvalue weighted by Crippen LogP contribution is -2.69. The molecule has 5 heteroatoms. The van der Waals surface area contributed by atoms with Crippen LogP contribution in [0, 0.1) is 5.92 Å². The summed E-state index contributed by atoms with van der Waals surface area (Å²) in [5, 5.41) is 4.37. The third kappa shape index (κ3) is 1.65. The normalized spacial score (nSPS) is 35.1. The molecule has 3 atom stereocenters. The van der Waals surface area contributed by atoms with Crippen molar-refractivity contribution in [3.63, 3.8) is 0 Å². The van der Waals surface area contributed by atoms with E-state index in [9.17, 15) is 0 Å². The Balaban J connectivity index is 1.85. The van der Waals surface area contributed by atoms with Crippen LogP contribution in [0.4, 0.5) is 0 Å². The number of hydrogen-bond acceptors (Lipinski definition) is 2. The second-order valence-corrected chi connectivity index (χ2v) is 7.46. The quantitative estimate of drug-likeness (QED) is 0.780. The largest absolute Gasteiger partial charge is 0.467 e. The van der Waals surface area contributed by atoms with Crippen LogP contribution in [0.1, 0.15) is 38.3 Å². The van der Waals surface area contributed by atoms with Gasteiger partial charge >= 0.3 is 0 Å². The first-order valence-electron chi connectivity index (χ1n) is 7.09. The van der Waals surface area contributed by atoms with E-state index in [-0.39, 0.29) is 11.8 Å². The topological polar surface area (TPSA) is 24.5 Å². The standard InChI is InChI=1S/C15H17BrN2OS/c1-8-13-11-7-9(16)3-6-12(11)19-15(8,2)18(10-4-5-10)14(20)17-13/h3,6-8,10,13H,4-5H2,1-2H3,(H,17,20). The van der Waals surface area contributed by atoms with E-state index >= 15 is 0 Å². The van der Waals surface area contributed by atoms with Crippen molar-refractivity contribution in [1.82, 2.24) is 10.2 Å². The number of nitrogens with zero attached hydrogens (tertiary/aromatic N) is 1. The van der Waals surface area contributed by atoms with Gasteiger partial charge in [-0.2, -0.15) is 0 Å². The second kappa shape index (κ2) is 4.10. The number of hydrogen-bond donors (Lipinski definition) is 1. The molecule has 0 aromatic heterocycles. The van der Waals surface area contributed by atoms with Gasteiger partial charge in [0.1, 0.15) is 5.75 Å². The molecule has 2 bridgehead atoms. The molecule has 3 unspecified atom stereocenters. The van der Waals surface area contributed by atoms with E-state index in [4.69, 9.17) is 17.0 Å². The minimum atomic E-state index is -0.338. The van der Waals surface area contributed by atoms with Crippen molar-refractivity contribution in [2.45, 2.75) is 44.5 Å². The molecule has 1 saturated carbocycles. The maximum atomic E-state index is 6.42. The molecular formula is C15H17BrN2OS. The highest BCUT2D eigenvalue weighted by Crippen LogP contribution is 2.51. The zero-order valence-electron chi connectivity index (χ0n) is 11.5. The average molecular weight is 353 g/mol. The summed E-state index contributed by atoms with van der Waals surface area (Å²) in [6.45, 7) is 4.43. The smallest absolute Gasteiger partial charge is 0.187 e. The van der Waals surface area contributed by atoms with Crippen molar-refractivity contribution in [2.75, 3.05) is 0 Å². The molecule has 106 valence electrons. The van der Waals surface area contributed by atoms with Crippen molar-refractivity contribution in [3.05, 3.63) is 28.2 Å². The molecule has 0 spiro atoms. The Labute approximate surface area is 132 Å². The van der Waals surface area contributed by atoms with Gasteiger partial charge in [-0.15, -0.1) is 0 Å². The fourth-order valence-electron chi connectivity index (χ4n) is 3.49. The lowest BCUT2D eigenvalue weighted by Gasteiger charge is -2.56. The molecule has 3 nitrogen and oxygen atoms in total. The highest BCUT2D eigenvalue weighted by molar-refractivity contribution is 9.10. The Morgan fingerprint density at radius 3 is 2.90 bits per heavy atom. The van der Waals surface area contributed by atoms with Gasteiger partial charge in [-0.3, -0.25) is 0 Å². The molecule has 1 aliphatic carbocycles. The molecule has 1 aromatic carbocycles. The van der Waals surface area contributed by atoms with E-state index in [0.717, 1.165) is 15.3 Å². The number of benzene rings is 1. The van der Waals surface area contributed by atoms with Gasteiger partial charge in [-0.25, -0.2) is 0 Å². The lowest BCUT2D eigenvalue weighted by atomic mass is 9.81. The summed E-state index contributed by atoms with van der Waals surface area (Å²) in [5.74, 6) is 1.32. The summed E-state index contributed by atoms with van der Waals surface area (Å²) in [6, 6.07) is 6.99. The third-order valence-corrected chi connectivity index (χ3v) is 5.66. The van der Waals surface area contributed by atoms with Crippen molar-refractivity contribution >= 4 is 33.3 Å². The average Bonchev–Trinajstić information content (AvgIpc) is 3.19. The van der Waals surface area contributed by atoms with Crippen molar-refractivity contribution in [1.29, 1.82) is 0 Å². The summed E-state index contributed by atoms with van der Waals surface area (Å²) < 4.78 is 7.50. The molecule has 1 aromatic rings. The van der Waals surface area contributed by atoms with E-state index in [1.165, 1.54) is 18.4 Å². The van der Waals surface area contributed by atoms with Crippen LogP contribution < -0.4 is 10.1 Å². The highest BCUT2D eigenvalue weighted by Gasteiger charge is 2.56. The van der Waals surface area contributed by atoms with Crippen LogP contribution >= 0.6 is 28.1 Å². The number of halogens is 1. The van der Waals surface area contributed by atoms with Crippen LogP contribution in [0.25, 0.3) is 0 Å². The molecule has 1 N–H and O–H groups in total. The molecule has 20 heavy (non-hydrogen) atoms. The molecule has 4 rings (SSSR count). The number of rotatable bonds is 1. The van der Waals surface area contributed by atoms with Crippen molar-refractivity contribution in [3.8, 4) is 5.75 Å². The van der Waals surface area contributed by atoms with E-state index in [2.05, 4.69) is 52.1 Å². The second-order valence-electron chi connectivity index (χ2n) is 6.16. The zero-order chi connectivity index (χ0) is 14.1. The lowest BCUT2D eigenvalue weighted by molar-refractivity contribution is -0.114. The van der Waals surface area contributed by atoms with Crippen LogP contribution in [0.3, 0.4) is 0 Å². The number of thiocarbonyl (C=S) groups is 1. The summed E-state index contributed by atoms with van der Waals surface area (Å²) in [5.41, 5.74) is 0.858. The van der Waals surface area contributed by atoms with Gasteiger partial charge in [-0.05, 0) is 50.2 Å². The summed E-state index contributed by atoms with van der Waals surface area (Å²) in [4.78, 5) is 2.29. The molecule has 1 saturated heterocycles. The Morgan fingerprint density at radius 1 is 1.45 bits per heavy atom. The Bertz CT molecular complexity index is 604. The van der Waals surface area contributed by atoms with Gasteiger partial charge < -0.3 is 15.0 Å². The minimum absolute atomic E-state index is 0.226. The molecule has 3 aliphatic rings. The molecule has 0 amide bonds. The number of fused-ring (bicyclic) bond motifs is 4. The summed E-state index contributed by atoms with van der Waals surface area (Å²) in [7, 11) is 0. The summed E-state index contributed by atoms with van der Waals surface area (Å²) >= 11 is 9.15. The highest BCUT2D eigenvalue weighted by atomic mass is 79.9. The van der Waals surface area contributed by atoms with Gasteiger partial charge in [0, 0.05) is 22.0 Å². The molecular weight excluding hydrogens is 336 g/mol. The van der Waals surface area contributed by atoms with Crippen LogP contribution in [0.5, 0.6) is 5.75 Å². The van der Waals surface area contributed by atoms with Crippen LogP contribution in [0.15, 0.2) is 22.7 Å². The van der Waals surface area contributed by atoms with Crippen molar-refractivity contribution in [2.24, 2.45) is 5.92 Å². The first kappa shape index (κ1) is 12.9. The van der Waals surface area contributed by atoms with Crippen LogP contribution in [-0.2, 0) is 0 Å². The van der Waals surface area contributed by atoms with E-state index in [1.54, 1.807) is 0 Å². The van der Waals surface area contributed by atoms with E-state index < -0.39 is 0 Å². The van der Waals surface area contributed by atoms with Gasteiger partial charge in [-0.1, -0.05) is 22.9 Å². The number of nitrogens with one attached hydrogen (secondary N) is 1. The maximum Gasteiger partial charge on any atom is 0.187 e. The molecule has 2 heterocycles. The Morgan fingerprint density at radius 2 is 2.20 bits per heavy atom. The van der Waals surface area contributed by atoms with Crippen LogP contribution in [0.2, 0.25) is 0 Å². The van der Waals surface area contributed by atoms with E-state index in [1.807, 2.05) is 6.07 Å². The van der Waals surface area contributed by atoms with Gasteiger partial charge in [0.25, 0.3) is 0 Å². The van der Waals surface area contributed by atoms with Crippen LogP contribution in [-0.4, -0.2) is 21.8 Å². The molecule has 0 radical (unpaired) electrons. The maximum absolute atomic E-state index is 6.42. The fourth-order valence-corrected chi connectivity index (χ4v) is 4.32. The molecule has 2 fully saturated rings.